The lowest BCUT2D eigenvalue weighted by Gasteiger charge is -2.46. The molecule has 1 heterocycles. The summed E-state index contributed by atoms with van der Waals surface area (Å²) >= 11 is 0. The van der Waals surface area contributed by atoms with Crippen molar-refractivity contribution in [3.8, 4) is 0 Å². The van der Waals surface area contributed by atoms with Gasteiger partial charge in [0.05, 0.1) is 16.8 Å². The summed E-state index contributed by atoms with van der Waals surface area (Å²) in [5.74, 6) is 0. The Morgan fingerprint density at radius 1 is 0.532 bits per heavy atom. The number of benzene rings is 7. The number of para-hydroxylation sites is 2. The maximum atomic E-state index is 3.72. The SMILES string of the molecule is C1=CC2=C(CC1)c1ccccc1C21c2ccccc2N(c2ccc3c(ccc4ccccc43)c2)c2ccc(Nc3ccccc3)cc21. The van der Waals surface area contributed by atoms with Crippen LogP contribution in [0.25, 0.3) is 27.1 Å². The molecule has 10 rings (SSSR count). The number of hydrogen-bond donors (Lipinski definition) is 1. The van der Waals surface area contributed by atoms with Gasteiger partial charge in [0.15, 0.2) is 0 Å². The molecule has 2 nitrogen and oxygen atoms in total. The molecule has 0 radical (unpaired) electrons. The normalized spacial score (nSPS) is 17.5. The van der Waals surface area contributed by atoms with Gasteiger partial charge in [-0.15, -0.1) is 0 Å². The van der Waals surface area contributed by atoms with Crippen LogP contribution in [0.5, 0.6) is 0 Å². The molecule has 0 saturated carbocycles. The number of rotatable bonds is 3. The Kier molecular flexibility index (Phi) is 5.65. The molecule has 2 heteroatoms. The van der Waals surface area contributed by atoms with Gasteiger partial charge >= 0.3 is 0 Å². The van der Waals surface area contributed by atoms with E-state index in [4.69, 9.17) is 0 Å². The summed E-state index contributed by atoms with van der Waals surface area (Å²) in [5, 5.41) is 8.81. The second kappa shape index (κ2) is 10.1. The molecular formula is C45H32N2. The van der Waals surface area contributed by atoms with E-state index < -0.39 is 5.41 Å². The number of anilines is 5. The van der Waals surface area contributed by atoms with Crippen molar-refractivity contribution in [2.45, 2.75) is 18.3 Å². The van der Waals surface area contributed by atoms with Gasteiger partial charge in [-0.25, -0.2) is 0 Å². The summed E-state index contributed by atoms with van der Waals surface area (Å²) in [4.78, 5) is 2.49. The van der Waals surface area contributed by atoms with Crippen LogP contribution in [0.1, 0.15) is 35.1 Å². The van der Waals surface area contributed by atoms with Crippen LogP contribution in [-0.2, 0) is 5.41 Å². The Morgan fingerprint density at radius 3 is 2.21 bits per heavy atom. The van der Waals surface area contributed by atoms with Gasteiger partial charge in [0.2, 0.25) is 0 Å². The first kappa shape index (κ1) is 26.4. The minimum absolute atomic E-state index is 0.424. The van der Waals surface area contributed by atoms with Crippen molar-refractivity contribution in [3.05, 3.63) is 192 Å². The molecule has 7 aromatic rings. The van der Waals surface area contributed by atoms with Crippen molar-refractivity contribution in [2.24, 2.45) is 0 Å². The molecular weight excluding hydrogens is 569 g/mol. The van der Waals surface area contributed by atoms with Crippen molar-refractivity contribution in [3.63, 3.8) is 0 Å². The zero-order valence-electron chi connectivity index (χ0n) is 25.9. The van der Waals surface area contributed by atoms with Crippen LogP contribution in [-0.4, -0.2) is 0 Å². The van der Waals surface area contributed by atoms with E-state index in [1.54, 1.807) is 0 Å². The van der Waals surface area contributed by atoms with Crippen molar-refractivity contribution < 1.29 is 0 Å². The standard InChI is InChI=1S/C45H32N2/c1-2-13-32(14-3-1)46-33-24-27-44-42(29-33)45(39-18-8-6-16-37(39)38-17-7-9-19-40(38)45)41-20-10-11-21-43(41)47(44)34-25-26-36-31(28-34)23-22-30-12-4-5-15-35(30)36/h1-6,8-16,18-29,46H,7,17H2. The predicted molar refractivity (Wildman–Crippen MR) is 197 cm³/mol. The summed E-state index contributed by atoms with van der Waals surface area (Å²) in [6.45, 7) is 0. The van der Waals surface area contributed by atoms with Crippen LogP contribution < -0.4 is 10.2 Å². The van der Waals surface area contributed by atoms with Crippen LogP contribution in [0.15, 0.2) is 169 Å². The summed E-state index contributed by atoms with van der Waals surface area (Å²) in [6, 6.07) is 55.9. The molecule has 7 aromatic carbocycles. The zero-order valence-corrected chi connectivity index (χ0v) is 25.9. The zero-order chi connectivity index (χ0) is 31.0. The van der Waals surface area contributed by atoms with Gasteiger partial charge in [-0.3, -0.25) is 0 Å². The third kappa shape index (κ3) is 3.73. The van der Waals surface area contributed by atoms with E-state index in [0.29, 0.717) is 0 Å². The Bertz CT molecular complexity index is 2450. The summed E-state index contributed by atoms with van der Waals surface area (Å²) in [5.41, 5.74) is 13.7. The van der Waals surface area contributed by atoms with Gasteiger partial charge in [-0.2, -0.15) is 0 Å². The molecule has 1 unspecified atom stereocenters. The molecule has 2 aliphatic carbocycles. The predicted octanol–water partition coefficient (Wildman–Crippen LogP) is 12.0. The average molecular weight is 601 g/mol. The highest BCUT2D eigenvalue weighted by Gasteiger charge is 2.52. The monoisotopic (exact) mass is 600 g/mol. The molecule has 222 valence electrons. The summed E-state index contributed by atoms with van der Waals surface area (Å²) < 4.78 is 0. The summed E-state index contributed by atoms with van der Waals surface area (Å²) in [7, 11) is 0. The topological polar surface area (TPSA) is 15.3 Å². The quantitative estimate of drug-likeness (QED) is 0.203. The first-order chi connectivity index (χ1) is 23.3. The van der Waals surface area contributed by atoms with E-state index in [1.165, 1.54) is 72.0 Å². The molecule has 1 atom stereocenters. The van der Waals surface area contributed by atoms with Crippen LogP contribution in [0.4, 0.5) is 28.4 Å². The Balaban J connectivity index is 1.27. The highest BCUT2D eigenvalue weighted by molar-refractivity contribution is 6.09. The number of allylic oxidation sites excluding steroid dienone is 4. The lowest BCUT2D eigenvalue weighted by molar-refractivity contribution is 0.742. The van der Waals surface area contributed by atoms with Gasteiger partial charge in [-0.05, 0) is 116 Å². The van der Waals surface area contributed by atoms with Gasteiger partial charge in [0.25, 0.3) is 0 Å². The lowest BCUT2D eigenvalue weighted by Crippen LogP contribution is -2.37. The van der Waals surface area contributed by atoms with Crippen molar-refractivity contribution in [1.82, 2.24) is 0 Å². The number of hydrogen-bond acceptors (Lipinski definition) is 2. The van der Waals surface area contributed by atoms with E-state index in [2.05, 4.69) is 174 Å². The fraction of sp³-hybridized carbons (Fsp3) is 0.0667. The second-order valence-electron chi connectivity index (χ2n) is 12.9. The molecule has 47 heavy (non-hydrogen) atoms. The third-order valence-electron chi connectivity index (χ3n) is 10.5. The Morgan fingerprint density at radius 2 is 1.28 bits per heavy atom. The minimum atomic E-state index is -0.424. The molecule has 0 amide bonds. The molecule has 1 aliphatic heterocycles. The van der Waals surface area contributed by atoms with Crippen LogP contribution in [0.2, 0.25) is 0 Å². The second-order valence-corrected chi connectivity index (χ2v) is 12.9. The van der Waals surface area contributed by atoms with E-state index in [0.717, 1.165) is 24.2 Å². The van der Waals surface area contributed by atoms with Crippen LogP contribution in [0.3, 0.4) is 0 Å². The van der Waals surface area contributed by atoms with Crippen LogP contribution in [0, 0.1) is 0 Å². The van der Waals surface area contributed by atoms with E-state index >= 15 is 0 Å². The van der Waals surface area contributed by atoms with Gasteiger partial charge in [0, 0.05) is 17.1 Å². The Labute approximate surface area is 274 Å². The molecule has 0 bridgehead atoms. The minimum Gasteiger partial charge on any atom is -0.356 e. The fourth-order valence-corrected chi connectivity index (χ4v) is 8.57. The largest absolute Gasteiger partial charge is 0.356 e. The smallest absolute Gasteiger partial charge is 0.0751 e. The molecule has 3 aliphatic rings. The van der Waals surface area contributed by atoms with Gasteiger partial charge in [0.1, 0.15) is 0 Å². The molecule has 1 spiro atoms. The average Bonchev–Trinajstić information content (AvgIpc) is 3.43. The first-order valence-corrected chi connectivity index (χ1v) is 16.6. The van der Waals surface area contributed by atoms with Crippen LogP contribution >= 0.6 is 0 Å². The van der Waals surface area contributed by atoms with Crippen molar-refractivity contribution in [2.75, 3.05) is 10.2 Å². The number of fused-ring (bicyclic) bond motifs is 11. The molecule has 0 saturated heterocycles. The van der Waals surface area contributed by atoms with Gasteiger partial charge < -0.3 is 10.2 Å². The van der Waals surface area contributed by atoms with E-state index in [1.807, 2.05) is 0 Å². The number of nitrogens with one attached hydrogen (secondary N) is 1. The van der Waals surface area contributed by atoms with Crippen molar-refractivity contribution in [1.29, 1.82) is 0 Å². The Hall–Kier alpha value is -5.86. The van der Waals surface area contributed by atoms with Gasteiger partial charge in [-0.1, -0.05) is 115 Å². The van der Waals surface area contributed by atoms with E-state index in [9.17, 15) is 0 Å². The maximum absolute atomic E-state index is 3.72. The number of nitrogens with zero attached hydrogens (tertiary/aromatic N) is 1. The van der Waals surface area contributed by atoms with E-state index in [-0.39, 0.29) is 0 Å². The highest BCUT2D eigenvalue weighted by Crippen LogP contribution is 2.64. The molecule has 0 fully saturated rings. The summed E-state index contributed by atoms with van der Waals surface area (Å²) in [6.07, 6.45) is 6.94. The molecule has 1 N–H and O–H groups in total. The van der Waals surface area contributed by atoms with Crippen molar-refractivity contribution >= 4 is 55.6 Å². The highest BCUT2D eigenvalue weighted by atomic mass is 15.2. The fourth-order valence-electron chi connectivity index (χ4n) is 8.57. The molecule has 0 aromatic heterocycles. The first-order valence-electron chi connectivity index (χ1n) is 16.6. The third-order valence-corrected chi connectivity index (χ3v) is 10.5. The lowest BCUT2D eigenvalue weighted by atomic mass is 9.63. The maximum Gasteiger partial charge on any atom is 0.0751 e.